The van der Waals surface area contributed by atoms with Crippen LogP contribution in [0.1, 0.15) is 32.8 Å². The van der Waals surface area contributed by atoms with Crippen LogP contribution in [0.25, 0.3) is 0 Å². The molecular weight excluding hydrogens is 264 g/mol. The molecule has 0 bridgehead atoms. The number of rotatable bonds is 7. The van der Waals surface area contributed by atoms with Crippen LogP contribution in [0.15, 0.2) is 23.1 Å². The Hall–Kier alpha value is -1.11. The summed E-state index contributed by atoms with van der Waals surface area (Å²) in [7, 11) is -3.68. The normalized spacial score (nSPS) is 11.8. The van der Waals surface area contributed by atoms with Gasteiger partial charge in [0.2, 0.25) is 10.0 Å². The van der Waals surface area contributed by atoms with E-state index in [2.05, 4.69) is 5.32 Å². The second-order valence-electron chi connectivity index (χ2n) is 4.70. The summed E-state index contributed by atoms with van der Waals surface area (Å²) in [5, 5.41) is 8.38. The quantitative estimate of drug-likeness (QED) is 0.798. The fourth-order valence-electron chi connectivity index (χ4n) is 1.54. The molecule has 0 fully saturated rings. The Balaban J connectivity index is 3.03. The molecule has 0 spiro atoms. The standard InChI is InChI=1S/C13H22N2O3S/c1-4-7-18-13-6-5-12(19(14,16)17)8-11(13)9-15-10(2)3/h5-6,8,10,15H,4,7,9H2,1-3H3,(H2,14,16,17). The zero-order chi connectivity index (χ0) is 14.5. The Morgan fingerprint density at radius 2 is 2.05 bits per heavy atom. The van der Waals surface area contributed by atoms with Gasteiger partial charge in [-0.3, -0.25) is 0 Å². The molecule has 0 saturated carbocycles. The topological polar surface area (TPSA) is 81.4 Å². The highest BCUT2D eigenvalue weighted by molar-refractivity contribution is 7.89. The van der Waals surface area contributed by atoms with Crippen LogP contribution in [0, 0.1) is 0 Å². The highest BCUT2D eigenvalue weighted by Crippen LogP contribution is 2.22. The highest BCUT2D eigenvalue weighted by Gasteiger charge is 2.12. The van der Waals surface area contributed by atoms with Crippen molar-refractivity contribution in [3.05, 3.63) is 23.8 Å². The first kappa shape index (κ1) is 15.9. The summed E-state index contributed by atoms with van der Waals surface area (Å²) in [6.45, 7) is 7.21. The number of nitrogens with one attached hydrogen (secondary N) is 1. The van der Waals surface area contributed by atoms with E-state index in [1.165, 1.54) is 6.07 Å². The van der Waals surface area contributed by atoms with Gasteiger partial charge >= 0.3 is 0 Å². The van der Waals surface area contributed by atoms with E-state index < -0.39 is 10.0 Å². The van der Waals surface area contributed by atoms with Crippen molar-refractivity contribution >= 4 is 10.0 Å². The van der Waals surface area contributed by atoms with Crippen LogP contribution in [0.2, 0.25) is 0 Å². The predicted molar refractivity (Wildman–Crippen MR) is 75.6 cm³/mol. The van der Waals surface area contributed by atoms with Gasteiger partial charge in [-0.25, -0.2) is 13.6 Å². The highest BCUT2D eigenvalue weighted by atomic mass is 32.2. The fraction of sp³-hybridized carbons (Fsp3) is 0.538. The molecule has 0 aliphatic rings. The van der Waals surface area contributed by atoms with E-state index in [4.69, 9.17) is 9.88 Å². The Kier molecular flexibility index (Phi) is 5.78. The van der Waals surface area contributed by atoms with Crippen molar-refractivity contribution in [2.45, 2.75) is 44.7 Å². The minimum absolute atomic E-state index is 0.108. The average molecular weight is 286 g/mol. The number of benzene rings is 1. The lowest BCUT2D eigenvalue weighted by Gasteiger charge is -2.14. The molecule has 0 radical (unpaired) electrons. The molecule has 108 valence electrons. The first-order valence-electron chi connectivity index (χ1n) is 6.36. The maximum absolute atomic E-state index is 11.4. The van der Waals surface area contributed by atoms with Gasteiger partial charge in [-0.15, -0.1) is 0 Å². The molecule has 5 nitrogen and oxygen atoms in total. The molecule has 0 saturated heterocycles. The maximum Gasteiger partial charge on any atom is 0.238 e. The summed E-state index contributed by atoms with van der Waals surface area (Å²) < 4.78 is 28.3. The Morgan fingerprint density at radius 1 is 1.37 bits per heavy atom. The molecule has 19 heavy (non-hydrogen) atoms. The van der Waals surface area contributed by atoms with Gasteiger partial charge in [-0.05, 0) is 24.6 Å². The third-order valence-corrected chi connectivity index (χ3v) is 3.43. The minimum Gasteiger partial charge on any atom is -0.493 e. The molecule has 0 aliphatic heterocycles. The average Bonchev–Trinajstić information content (AvgIpc) is 2.33. The molecule has 0 atom stereocenters. The minimum atomic E-state index is -3.68. The van der Waals surface area contributed by atoms with Gasteiger partial charge in [-0.2, -0.15) is 0 Å². The van der Waals surface area contributed by atoms with Crippen LogP contribution in [0.3, 0.4) is 0 Å². The van der Waals surface area contributed by atoms with Gasteiger partial charge in [0, 0.05) is 18.2 Å². The molecule has 0 unspecified atom stereocenters. The number of primary sulfonamides is 1. The van der Waals surface area contributed by atoms with E-state index in [-0.39, 0.29) is 4.90 Å². The van der Waals surface area contributed by atoms with Crippen LogP contribution >= 0.6 is 0 Å². The van der Waals surface area contributed by atoms with Crippen molar-refractivity contribution < 1.29 is 13.2 Å². The van der Waals surface area contributed by atoms with Crippen molar-refractivity contribution in [1.29, 1.82) is 0 Å². The van der Waals surface area contributed by atoms with Crippen molar-refractivity contribution in [3.63, 3.8) is 0 Å². The number of sulfonamides is 1. The third kappa shape index (κ3) is 5.18. The van der Waals surface area contributed by atoms with Gasteiger partial charge < -0.3 is 10.1 Å². The monoisotopic (exact) mass is 286 g/mol. The SMILES string of the molecule is CCCOc1ccc(S(N)(=O)=O)cc1CNC(C)C. The van der Waals surface area contributed by atoms with Gasteiger partial charge in [0.25, 0.3) is 0 Å². The third-order valence-electron chi connectivity index (χ3n) is 2.52. The largest absolute Gasteiger partial charge is 0.493 e. The van der Waals surface area contributed by atoms with E-state index in [9.17, 15) is 8.42 Å². The van der Waals surface area contributed by atoms with Crippen LogP contribution in [-0.2, 0) is 16.6 Å². The van der Waals surface area contributed by atoms with E-state index in [0.29, 0.717) is 24.9 Å². The van der Waals surface area contributed by atoms with E-state index in [1.807, 2.05) is 20.8 Å². The smallest absolute Gasteiger partial charge is 0.238 e. The molecule has 0 aromatic heterocycles. The van der Waals surface area contributed by atoms with E-state index >= 15 is 0 Å². The lowest BCUT2D eigenvalue weighted by atomic mass is 10.2. The number of hydrogen-bond donors (Lipinski definition) is 2. The lowest BCUT2D eigenvalue weighted by Crippen LogP contribution is -2.22. The molecule has 0 heterocycles. The van der Waals surface area contributed by atoms with Crippen molar-refractivity contribution in [3.8, 4) is 5.75 Å². The summed E-state index contributed by atoms with van der Waals surface area (Å²) in [6.07, 6.45) is 0.897. The number of ether oxygens (including phenoxy) is 1. The van der Waals surface area contributed by atoms with Gasteiger partial charge in [0.1, 0.15) is 5.75 Å². The molecule has 1 aromatic carbocycles. The first-order valence-corrected chi connectivity index (χ1v) is 7.91. The molecular formula is C13H22N2O3S. The zero-order valence-electron chi connectivity index (χ0n) is 11.6. The van der Waals surface area contributed by atoms with Gasteiger partial charge in [-0.1, -0.05) is 20.8 Å². The van der Waals surface area contributed by atoms with Crippen molar-refractivity contribution in [2.75, 3.05) is 6.61 Å². The summed E-state index contributed by atoms with van der Waals surface area (Å²) in [5.41, 5.74) is 0.800. The first-order chi connectivity index (χ1) is 8.84. The Bertz CT molecular complexity index is 513. The molecule has 6 heteroatoms. The second kappa shape index (κ2) is 6.88. The summed E-state index contributed by atoms with van der Waals surface area (Å²) in [6, 6.07) is 5.00. The van der Waals surface area contributed by atoms with Crippen molar-refractivity contribution in [2.24, 2.45) is 5.14 Å². The molecule has 1 rings (SSSR count). The summed E-state index contributed by atoms with van der Waals surface area (Å²) in [5.74, 6) is 0.697. The Labute approximate surface area is 115 Å². The fourth-order valence-corrected chi connectivity index (χ4v) is 2.10. The van der Waals surface area contributed by atoms with Gasteiger partial charge in [0.05, 0.1) is 11.5 Å². The van der Waals surface area contributed by atoms with Crippen LogP contribution in [0.4, 0.5) is 0 Å². The van der Waals surface area contributed by atoms with Crippen LogP contribution < -0.4 is 15.2 Å². The predicted octanol–water partition coefficient (Wildman–Crippen LogP) is 1.62. The van der Waals surface area contributed by atoms with Crippen molar-refractivity contribution in [1.82, 2.24) is 5.32 Å². The second-order valence-corrected chi connectivity index (χ2v) is 6.26. The van der Waals surface area contributed by atoms with E-state index in [1.54, 1.807) is 12.1 Å². The summed E-state index contributed by atoms with van der Waals surface area (Å²) >= 11 is 0. The number of nitrogens with two attached hydrogens (primary N) is 1. The van der Waals surface area contributed by atoms with Crippen LogP contribution in [0.5, 0.6) is 5.75 Å². The molecule has 1 aromatic rings. The maximum atomic E-state index is 11.4. The molecule has 0 amide bonds. The summed E-state index contributed by atoms with van der Waals surface area (Å²) in [4.78, 5) is 0.108. The lowest BCUT2D eigenvalue weighted by molar-refractivity contribution is 0.312. The molecule has 3 N–H and O–H groups in total. The number of hydrogen-bond acceptors (Lipinski definition) is 4. The zero-order valence-corrected chi connectivity index (χ0v) is 12.5. The van der Waals surface area contributed by atoms with Crippen LogP contribution in [-0.4, -0.2) is 21.1 Å². The Morgan fingerprint density at radius 3 is 2.58 bits per heavy atom. The van der Waals surface area contributed by atoms with E-state index in [0.717, 1.165) is 12.0 Å². The molecule has 0 aliphatic carbocycles. The van der Waals surface area contributed by atoms with Gasteiger partial charge in [0.15, 0.2) is 0 Å².